The molecule has 1 aliphatic heterocycles. The van der Waals surface area contributed by atoms with Crippen molar-refractivity contribution in [2.75, 3.05) is 7.11 Å². The van der Waals surface area contributed by atoms with Crippen molar-refractivity contribution in [3.8, 4) is 0 Å². The number of carbonyl (C=O) groups is 2. The van der Waals surface area contributed by atoms with Crippen molar-refractivity contribution in [3.63, 3.8) is 0 Å². The number of benzene rings is 1. The summed E-state index contributed by atoms with van der Waals surface area (Å²) in [4.78, 5) is 23.1. The Morgan fingerprint density at radius 3 is 2.47 bits per heavy atom. The van der Waals surface area contributed by atoms with Gasteiger partial charge in [0.15, 0.2) is 0 Å². The Morgan fingerprint density at radius 2 is 1.95 bits per heavy atom. The van der Waals surface area contributed by atoms with E-state index in [0.717, 1.165) is 5.56 Å². The number of carbonyl (C=O) groups excluding carboxylic acids is 2. The Kier molecular flexibility index (Phi) is 3.71. The van der Waals surface area contributed by atoms with E-state index < -0.39 is 5.60 Å². The van der Waals surface area contributed by atoms with E-state index in [1.54, 1.807) is 12.1 Å². The average Bonchev–Trinajstić information content (AvgIpc) is 2.35. The molecule has 0 spiro atoms. The minimum atomic E-state index is -0.430. The summed E-state index contributed by atoms with van der Waals surface area (Å²) in [5.41, 5.74) is 0.975. The van der Waals surface area contributed by atoms with E-state index in [0.29, 0.717) is 18.4 Å². The van der Waals surface area contributed by atoms with Gasteiger partial charge in [-0.3, -0.25) is 4.79 Å². The van der Waals surface area contributed by atoms with Crippen LogP contribution in [0.25, 0.3) is 0 Å². The van der Waals surface area contributed by atoms with Crippen molar-refractivity contribution in [1.29, 1.82) is 0 Å². The molecular weight excluding hydrogens is 244 g/mol. The van der Waals surface area contributed by atoms with Crippen molar-refractivity contribution in [3.05, 3.63) is 35.4 Å². The average molecular weight is 262 g/mol. The topological polar surface area (TPSA) is 52.6 Å². The highest BCUT2D eigenvalue weighted by Gasteiger charge is 2.34. The molecule has 4 nitrogen and oxygen atoms in total. The smallest absolute Gasteiger partial charge is 0.337 e. The van der Waals surface area contributed by atoms with Crippen molar-refractivity contribution in [2.45, 2.75) is 38.4 Å². The van der Waals surface area contributed by atoms with Gasteiger partial charge in [-0.2, -0.15) is 0 Å². The van der Waals surface area contributed by atoms with Crippen LogP contribution in [0, 0.1) is 0 Å². The summed E-state index contributed by atoms with van der Waals surface area (Å²) in [5.74, 6) is -0.161. The van der Waals surface area contributed by atoms with Crippen LogP contribution in [-0.2, 0) is 14.3 Å². The van der Waals surface area contributed by atoms with E-state index in [1.807, 2.05) is 26.0 Å². The Labute approximate surface area is 112 Å². The van der Waals surface area contributed by atoms with Gasteiger partial charge in [0.25, 0.3) is 0 Å². The SMILES string of the molecule is COC(=O)c1ccc([C@H]2CC(=O)CC(C)(C)O2)cc1. The van der Waals surface area contributed by atoms with E-state index >= 15 is 0 Å². The van der Waals surface area contributed by atoms with E-state index in [2.05, 4.69) is 4.74 Å². The van der Waals surface area contributed by atoms with E-state index in [-0.39, 0.29) is 17.9 Å². The lowest BCUT2D eigenvalue weighted by molar-refractivity contribution is -0.149. The largest absolute Gasteiger partial charge is 0.465 e. The van der Waals surface area contributed by atoms with Gasteiger partial charge >= 0.3 is 5.97 Å². The summed E-state index contributed by atoms with van der Waals surface area (Å²) in [7, 11) is 1.35. The third kappa shape index (κ3) is 3.20. The molecule has 0 aliphatic carbocycles. The lowest BCUT2D eigenvalue weighted by Gasteiger charge is -2.35. The minimum Gasteiger partial charge on any atom is -0.465 e. The predicted octanol–water partition coefficient (Wildman–Crippen LogP) is 2.67. The van der Waals surface area contributed by atoms with Crippen molar-refractivity contribution in [1.82, 2.24) is 0 Å². The third-order valence-electron chi connectivity index (χ3n) is 3.20. The molecule has 1 aromatic rings. The highest BCUT2D eigenvalue weighted by molar-refractivity contribution is 5.89. The first-order chi connectivity index (χ1) is 8.91. The predicted molar refractivity (Wildman–Crippen MR) is 69.9 cm³/mol. The molecule has 19 heavy (non-hydrogen) atoms. The van der Waals surface area contributed by atoms with Gasteiger partial charge in [-0.05, 0) is 31.5 Å². The molecule has 1 atom stereocenters. The molecule has 0 saturated carbocycles. The molecule has 0 aromatic heterocycles. The fourth-order valence-electron chi connectivity index (χ4n) is 2.36. The van der Waals surface area contributed by atoms with Crippen LogP contribution in [-0.4, -0.2) is 24.5 Å². The summed E-state index contributed by atoms with van der Waals surface area (Å²) in [6.07, 6.45) is 0.605. The Balaban J connectivity index is 2.18. The number of hydrogen-bond acceptors (Lipinski definition) is 4. The Bertz CT molecular complexity index is 487. The highest BCUT2D eigenvalue weighted by atomic mass is 16.5. The molecule has 1 saturated heterocycles. The molecule has 0 unspecified atom stereocenters. The van der Waals surface area contributed by atoms with Crippen LogP contribution in [0.15, 0.2) is 24.3 Å². The molecule has 0 radical (unpaired) electrons. The molecule has 102 valence electrons. The van der Waals surface area contributed by atoms with Crippen molar-refractivity contribution < 1.29 is 19.1 Å². The number of Topliss-reactive ketones (excluding diaryl/α,β-unsaturated/α-hetero) is 1. The Hall–Kier alpha value is -1.68. The maximum Gasteiger partial charge on any atom is 0.337 e. The summed E-state index contributed by atoms with van der Waals surface area (Å²) >= 11 is 0. The zero-order valence-corrected chi connectivity index (χ0v) is 11.4. The quantitative estimate of drug-likeness (QED) is 0.769. The summed E-state index contributed by atoms with van der Waals surface area (Å²) in [6, 6.07) is 7.00. The van der Waals surface area contributed by atoms with Crippen LogP contribution in [0.1, 0.15) is 48.7 Å². The lowest BCUT2D eigenvalue weighted by atomic mass is 9.91. The number of esters is 1. The molecule has 0 N–H and O–H groups in total. The lowest BCUT2D eigenvalue weighted by Crippen LogP contribution is -2.36. The number of methoxy groups -OCH3 is 1. The number of rotatable bonds is 2. The van der Waals surface area contributed by atoms with Crippen LogP contribution in [0.3, 0.4) is 0 Å². The fraction of sp³-hybridized carbons (Fsp3) is 0.467. The first-order valence-electron chi connectivity index (χ1n) is 6.29. The normalized spacial score (nSPS) is 22.1. The second kappa shape index (κ2) is 5.13. The van der Waals surface area contributed by atoms with E-state index in [1.165, 1.54) is 7.11 Å². The number of ether oxygens (including phenoxy) is 2. The van der Waals surface area contributed by atoms with Crippen molar-refractivity contribution in [2.24, 2.45) is 0 Å². The number of ketones is 1. The maximum atomic E-state index is 11.7. The van der Waals surface area contributed by atoms with Gasteiger partial charge < -0.3 is 9.47 Å². The zero-order valence-electron chi connectivity index (χ0n) is 11.4. The molecule has 4 heteroatoms. The van der Waals surface area contributed by atoms with Gasteiger partial charge in [0.05, 0.1) is 24.4 Å². The van der Waals surface area contributed by atoms with Crippen LogP contribution in [0.4, 0.5) is 0 Å². The molecule has 1 heterocycles. The maximum absolute atomic E-state index is 11.7. The summed E-state index contributed by atoms with van der Waals surface area (Å²) in [5, 5.41) is 0. The van der Waals surface area contributed by atoms with Crippen LogP contribution < -0.4 is 0 Å². The van der Waals surface area contributed by atoms with Crippen LogP contribution in [0.2, 0.25) is 0 Å². The van der Waals surface area contributed by atoms with Gasteiger partial charge in [-0.1, -0.05) is 12.1 Å². The van der Waals surface area contributed by atoms with Gasteiger partial charge in [-0.15, -0.1) is 0 Å². The third-order valence-corrected chi connectivity index (χ3v) is 3.20. The first-order valence-corrected chi connectivity index (χ1v) is 6.29. The van der Waals surface area contributed by atoms with Crippen molar-refractivity contribution >= 4 is 11.8 Å². The van der Waals surface area contributed by atoms with Crippen LogP contribution >= 0.6 is 0 Å². The molecule has 2 rings (SSSR count). The first kappa shape index (κ1) is 13.7. The van der Waals surface area contributed by atoms with Gasteiger partial charge in [0.1, 0.15) is 5.78 Å². The standard InChI is InChI=1S/C15H18O4/c1-15(2)9-12(16)8-13(19-15)10-4-6-11(7-5-10)14(17)18-3/h4-7,13H,8-9H2,1-3H3/t13-/m1/s1. The Morgan fingerprint density at radius 1 is 1.32 bits per heavy atom. The monoisotopic (exact) mass is 262 g/mol. The van der Waals surface area contributed by atoms with E-state index in [4.69, 9.17) is 4.74 Å². The molecule has 0 bridgehead atoms. The molecular formula is C15H18O4. The fourth-order valence-corrected chi connectivity index (χ4v) is 2.36. The highest BCUT2D eigenvalue weighted by Crippen LogP contribution is 2.35. The second-order valence-corrected chi connectivity index (χ2v) is 5.40. The summed E-state index contributed by atoms with van der Waals surface area (Å²) in [6.45, 7) is 3.83. The zero-order chi connectivity index (χ0) is 14.0. The van der Waals surface area contributed by atoms with Crippen LogP contribution in [0.5, 0.6) is 0 Å². The number of hydrogen-bond donors (Lipinski definition) is 0. The minimum absolute atomic E-state index is 0.207. The van der Waals surface area contributed by atoms with Gasteiger partial charge in [0.2, 0.25) is 0 Å². The second-order valence-electron chi connectivity index (χ2n) is 5.40. The van der Waals surface area contributed by atoms with Gasteiger partial charge in [-0.25, -0.2) is 4.79 Å². The molecule has 1 fully saturated rings. The molecule has 1 aliphatic rings. The van der Waals surface area contributed by atoms with E-state index in [9.17, 15) is 9.59 Å². The summed E-state index contributed by atoms with van der Waals surface area (Å²) < 4.78 is 10.6. The molecule has 1 aromatic carbocycles. The molecule has 0 amide bonds. The van der Waals surface area contributed by atoms with Gasteiger partial charge in [0, 0.05) is 12.8 Å².